The predicted octanol–water partition coefficient (Wildman–Crippen LogP) is 2.74. The lowest BCUT2D eigenvalue weighted by molar-refractivity contribution is 0.336. The Labute approximate surface area is 136 Å². The second-order valence-corrected chi connectivity index (χ2v) is 6.77. The van der Waals surface area contributed by atoms with Gasteiger partial charge in [-0.2, -0.15) is 0 Å². The van der Waals surface area contributed by atoms with Crippen LogP contribution in [0.25, 0.3) is 10.6 Å². The predicted molar refractivity (Wildman–Crippen MR) is 92.3 cm³/mol. The Bertz CT molecular complexity index is 576. The van der Waals surface area contributed by atoms with E-state index >= 15 is 0 Å². The van der Waals surface area contributed by atoms with Crippen LogP contribution in [0, 0.1) is 6.92 Å². The second-order valence-electron chi connectivity index (χ2n) is 5.82. The summed E-state index contributed by atoms with van der Waals surface area (Å²) in [5.74, 6) is 0.859. The molecule has 0 atom stereocenters. The molecular weight excluding hydrogens is 292 g/mol. The van der Waals surface area contributed by atoms with Gasteiger partial charge in [-0.3, -0.25) is 0 Å². The van der Waals surface area contributed by atoms with Crippen molar-refractivity contribution in [1.82, 2.24) is 20.2 Å². The lowest BCUT2D eigenvalue weighted by Crippen LogP contribution is -2.31. The Balaban J connectivity index is 1.47. The van der Waals surface area contributed by atoms with Gasteiger partial charge in [-0.15, -0.1) is 11.3 Å². The van der Waals surface area contributed by atoms with Crippen LogP contribution in [0.15, 0.2) is 23.6 Å². The number of nitrogens with zero attached hydrogens (tertiary/aromatic N) is 3. The lowest BCUT2D eigenvalue weighted by atomic mass is 10.2. The van der Waals surface area contributed by atoms with Gasteiger partial charge in [0.25, 0.3) is 0 Å². The van der Waals surface area contributed by atoms with Crippen molar-refractivity contribution >= 4 is 11.3 Å². The smallest absolute Gasteiger partial charge is 0.126 e. The fraction of sp³-hybridized carbons (Fsp3) is 0.529. The summed E-state index contributed by atoms with van der Waals surface area (Å²) in [6, 6.07) is 6.31. The average Bonchev–Trinajstić information content (AvgIpc) is 3.20. The second kappa shape index (κ2) is 7.81. The molecule has 0 unspecified atom stereocenters. The van der Waals surface area contributed by atoms with Crippen molar-refractivity contribution in [3.05, 3.63) is 35.1 Å². The van der Waals surface area contributed by atoms with Gasteiger partial charge < -0.3 is 10.2 Å². The molecule has 3 rings (SSSR count). The quantitative estimate of drug-likeness (QED) is 0.798. The van der Waals surface area contributed by atoms with Crippen molar-refractivity contribution in [2.75, 3.05) is 32.7 Å². The van der Waals surface area contributed by atoms with Gasteiger partial charge in [0.1, 0.15) is 5.82 Å². The highest BCUT2D eigenvalue weighted by Gasteiger charge is 2.10. The topological polar surface area (TPSA) is 41.1 Å². The molecule has 0 saturated carbocycles. The molecule has 0 aliphatic carbocycles. The standard InChI is InChI=1S/C17H24N4S/c1-14-19-15(13-16(20-14)17-5-4-12-22-17)6-7-18-8-11-21-9-2-3-10-21/h4-5,12-13,18H,2-3,6-11H2,1H3. The van der Waals surface area contributed by atoms with Crippen LogP contribution in [0.3, 0.4) is 0 Å². The summed E-state index contributed by atoms with van der Waals surface area (Å²) in [7, 11) is 0. The summed E-state index contributed by atoms with van der Waals surface area (Å²) >= 11 is 1.73. The van der Waals surface area contributed by atoms with Gasteiger partial charge in [-0.1, -0.05) is 6.07 Å². The van der Waals surface area contributed by atoms with E-state index < -0.39 is 0 Å². The first-order valence-electron chi connectivity index (χ1n) is 8.13. The van der Waals surface area contributed by atoms with Gasteiger partial charge >= 0.3 is 0 Å². The molecule has 0 radical (unpaired) electrons. The van der Waals surface area contributed by atoms with Crippen molar-refractivity contribution in [1.29, 1.82) is 0 Å². The van der Waals surface area contributed by atoms with E-state index in [1.54, 1.807) is 11.3 Å². The molecule has 0 amide bonds. The third-order valence-electron chi connectivity index (χ3n) is 4.03. The van der Waals surface area contributed by atoms with Crippen LogP contribution in [-0.4, -0.2) is 47.6 Å². The molecular formula is C17H24N4S. The van der Waals surface area contributed by atoms with Crippen LogP contribution >= 0.6 is 11.3 Å². The minimum atomic E-state index is 0.859. The van der Waals surface area contributed by atoms with Crippen molar-refractivity contribution in [2.45, 2.75) is 26.2 Å². The molecule has 1 fully saturated rings. The SMILES string of the molecule is Cc1nc(CCNCCN2CCCC2)cc(-c2cccs2)n1. The number of thiophene rings is 1. The number of hydrogen-bond donors (Lipinski definition) is 1. The van der Waals surface area contributed by atoms with Gasteiger partial charge in [-0.05, 0) is 50.4 Å². The molecule has 5 heteroatoms. The van der Waals surface area contributed by atoms with E-state index in [4.69, 9.17) is 0 Å². The molecule has 118 valence electrons. The van der Waals surface area contributed by atoms with Crippen molar-refractivity contribution < 1.29 is 0 Å². The largest absolute Gasteiger partial charge is 0.315 e. The zero-order valence-electron chi connectivity index (χ0n) is 13.2. The third-order valence-corrected chi connectivity index (χ3v) is 4.92. The van der Waals surface area contributed by atoms with Crippen molar-refractivity contribution in [3.8, 4) is 10.6 Å². The molecule has 4 nitrogen and oxygen atoms in total. The number of rotatable bonds is 7. The molecule has 0 bridgehead atoms. The van der Waals surface area contributed by atoms with Gasteiger partial charge in [0.05, 0.1) is 10.6 Å². The summed E-state index contributed by atoms with van der Waals surface area (Å²) in [4.78, 5) is 12.9. The van der Waals surface area contributed by atoms with Gasteiger partial charge in [-0.25, -0.2) is 9.97 Å². The third kappa shape index (κ3) is 4.35. The van der Waals surface area contributed by atoms with E-state index in [1.165, 1.54) is 37.4 Å². The summed E-state index contributed by atoms with van der Waals surface area (Å²) in [6.45, 7) is 7.74. The lowest BCUT2D eigenvalue weighted by Gasteiger charge is -2.14. The number of aryl methyl sites for hydroxylation is 1. The first-order valence-corrected chi connectivity index (χ1v) is 9.01. The molecule has 3 heterocycles. The van der Waals surface area contributed by atoms with Crippen LogP contribution in [0.1, 0.15) is 24.4 Å². The molecule has 22 heavy (non-hydrogen) atoms. The number of hydrogen-bond acceptors (Lipinski definition) is 5. The molecule has 2 aromatic rings. The number of aromatic nitrogens is 2. The Morgan fingerprint density at radius 1 is 1.23 bits per heavy atom. The fourth-order valence-corrected chi connectivity index (χ4v) is 3.58. The molecule has 1 aliphatic heterocycles. The zero-order chi connectivity index (χ0) is 15.2. The molecule has 0 aromatic carbocycles. The van der Waals surface area contributed by atoms with E-state index in [1.807, 2.05) is 6.92 Å². The highest BCUT2D eigenvalue weighted by molar-refractivity contribution is 7.13. The summed E-state index contributed by atoms with van der Waals surface area (Å²) < 4.78 is 0. The highest BCUT2D eigenvalue weighted by Crippen LogP contribution is 2.23. The maximum Gasteiger partial charge on any atom is 0.126 e. The van der Waals surface area contributed by atoms with Crippen LogP contribution in [-0.2, 0) is 6.42 Å². The van der Waals surface area contributed by atoms with Gasteiger partial charge in [0.15, 0.2) is 0 Å². The van der Waals surface area contributed by atoms with Crippen molar-refractivity contribution in [2.24, 2.45) is 0 Å². The minimum absolute atomic E-state index is 0.859. The van der Waals surface area contributed by atoms with Crippen LogP contribution in [0.2, 0.25) is 0 Å². The van der Waals surface area contributed by atoms with Crippen molar-refractivity contribution in [3.63, 3.8) is 0 Å². The normalized spacial score (nSPS) is 15.5. The van der Waals surface area contributed by atoms with Crippen LogP contribution in [0.5, 0.6) is 0 Å². The molecule has 1 saturated heterocycles. The van der Waals surface area contributed by atoms with E-state index in [0.717, 1.165) is 36.7 Å². The first-order chi connectivity index (χ1) is 10.8. The number of nitrogens with one attached hydrogen (secondary N) is 1. The minimum Gasteiger partial charge on any atom is -0.315 e. The summed E-state index contributed by atoms with van der Waals surface area (Å²) in [5.41, 5.74) is 2.18. The first kappa shape index (κ1) is 15.6. The van der Waals surface area contributed by atoms with E-state index in [9.17, 15) is 0 Å². The van der Waals surface area contributed by atoms with Gasteiger partial charge in [0.2, 0.25) is 0 Å². The summed E-state index contributed by atoms with van der Waals surface area (Å²) in [5, 5.41) is 5.62. The number of likely N-dealkylation sites (tertiary alicyclic amines) is 1. The van der Waals surface area contributed by atoms with Crippen LogP contribution < -0.4 is 5.32 Å². The Morgan fingerprint density at radius 2 is 2.09 bits per heavy atom. The Kier molecular flexibility index (Phi) is 5.53. The zero-order valence-corrected chi connectivity index (χ0v) is 14.0. The fourth-order valence-electron chi connectivity index (χ4n) is 2.89. The van der Waals surface area contributed by atoms with Gasteiger partial charge in [0, 0.05) is 31.7 Å². The molecule has 1 N–H and O–H groups in total. The molecule has 0 spiro atoms. The van der Waals surface area contributed by atoms with E-state index in [0.29, 0.717) is 0 Å². The molecule has 1 aliphatic rings. The maximum atomic E-state index is 4.56. The van der Waals surface area contributed by atoms with E-state index in [2.05, 4.69) is 43.8 Å². The van der Waals surface area contributed by atoms with E-state index in [-0.39, 0.29) is 0 Å². The molecule has 2 aromatic heterocycles. The Hall–Kier alpha value is -1.30. The Morgan fingerprint density at radius 3 is 2.86 bits per heavy atom. The van der Waals surface area contributed by atoms with Crippen LogP contribution in [0.4, 0.5) is 0 Å². The maximum absolute atomic E-state index is 4.56. The highest BCUT2D eigenvalue weighted by atomic mass is 32.1. The summed E-state index contributed by atoms with van der Waals surface area (Å²) in [6.07, 6.45) is 3.69. The average molecular weight is 316 g/mol. The monoisotopic (exact) mass is 316 g/mol.